The van der Waals surface area contributed by atoms with Crippen molar-refractivity contribution in [2.24, 2.45) is 0 Å². The molecule has 0 spiro atoms. The molecule has 10 heteroatoms. The summed E-state index contributed by atoms with van der Waals surface area (Å²) >= 11 is 0. The van der Waals surface area contributed by atoms with E-state index in [4.69, 9.17) is 9.47 Å². The molecule has 0 bridgehead atoms. The van der Waals surface area contributed by atoms with Crippen molar-refractivity contribution in [3.05, 3.63) is 29.6 Å². The first-order valence-electron chi connectivity index (χ1n) is 8.96. The smallest absolute Gasteiger partial charge is 0.325 e. The molecule has 0 N–H and O–H groups in total. The molecule has 0 radical (unpaired) electrons. The molecule has 0 unspecified atom stereocenters. The maximum atomic E-state index is 14.3. The van der Waals surface area contributed by atoms with Crippen LogP contribution in [0.5, 0.6) is 0 Å². The van der Waals surface area contributed by atoms with E-state index in [0.29, 0.717) is 0 Å². The second-order valence-electron chi connectivity index (χ2n) is 5.76. The molecule has 0 fully saturated rings. The highest BCUT2D eigenvalue weighted by molar-refractivity contribution is 7.89. The molecule has 0 aromatic heterocycles. The van der Waals surface area contributed by atoms with E-state index in [0.717, 1.165) is 23.1 Å². The van der Waals surface area contributed by atoms with Crippen LogP contribution < -0.4 is 0 Å². The maximum absolute atomic E-state index is 14.3. The Morgan fingerprint density at radius 1 is 1.14 bits per heavy atom. The molecule has 8 nitrogen and oxygen atoms in total. The van der Waals surface area contributed by atoms with Gasteiger partial charge in [0.1, 0.15) is 12.4 Å². The first-order valence-corrected chi connectivity index (χ1v) is 10.4. The fourth-order valence-corrected chi connectivity index (χ4v) is 4.01. The summed E-state index contributed by atoms with van der Waals surface area (Å²) in [6.07, 6.45) is 0. The minimum Gasteiger partial charge on any atom is -0.465 e. The van der Waals surface area contributed by atoms with Gasteiger partial charge in [-0.25, -0.2) is 12.8 Å². The predicted molar refractivity (Wildman–Crippen MR) is 101 cm³/mol. The van der Waals surface area contributed by atoms with Crippen molar-refractivity contribution in [3.63, 3.8) is 0 Å². The molecule has 158 valence electrons. The Balaban J connectivity index is 3.27. The number of sulfonamides is 1. The van der Waals surface area contributed by atoms with Gasteiger partial charge in [0, 0.05) is 26.7 Å². The van der Waals surface area contributed by atoms with Crippen LogP contribution in [0.1, 0.15) is 31.1 Å². The van der Waals surface area contributed by atoms with E-state index >= 15 is 0 Å². The first kappa shape index (κ1) is 24.0. The normalized spacial score (nSPS) is 11.5. The number of esters is 1. The fraction of sp³-hybridized carbons (Fsp3) is 0.556. The van der Waals surface area contributed by atoms with Gasteiger partial charge in [-0.3, -0.25) is 9.59 Å². The van der Waals surface area contributed by atoms with Gasteiger partial charge < -0.3 is 14.4 Å². The summed E-state index contributed by atoms with van der Waals surface area (Å²) in [4.78, 5) is 25.5. The van der Waals surface area contributed by atoms with E-state index in [9.17, 15) is 22.4 Å². The molecule has 0 atom stereocenters. The summed E-state index contributed by atoms with van der Waals surface area (Å²) in [5, 5.41) is 0. The van der Waals surface area contributed by atoms with Crippen molar-refractivity contribution >= 4 is 21.9 Å². The molecular formula is C18H27FN2O6S. The highest BCUT2D eigenvalue weighted by atomic mass is 32.2. The van der Waals surface area contributed by atoms with Gasteiger partial charge in [0.15, 0.2) is 0 Å². The Bertz CT molecular complexity index is 780. The molecule has 0 aliphatic rings. The molecule has 1 rings (SSSR count). The Hall–Kier alpha value is -2.04. The van der Waals surface area contributed by atoms with E-state index in [2.05, 4.69) is 0 Å². The Labute approximate surface area is 165 Å². The van der Waals surface area contributed by atoms with Crippen molar-refractivity contribution in [2.45, 2.75) is 25.7 Å². The number of hydrogen-bond acceptors (Lipinski definition) is 6. The molecule has 0 aliphatic heterocycles. The van der Waals surface area contributed by atoms with Gasteiger partial charge in [-0.15, -0.1) is 0 Å². The second kappa shape index (κ2) is 11.1. The van der Waals surface area contributed by atoms with E-state index in [1.165, 1.54) is 11.4 Å². The van der Waals surface area contributed by atoms with Crippen LogP contribution in [-0.4, -0.2) is 76.0 Å². The number of nitrogens with zero attached hydrogens (tertiary/aromatic N) is 2. The van der Waals surface area contributed by atoms with Crippen LogP contribution in [-0.2, 0) is 24.3 Å². The van der Waals surface area contributed by atoms with Crippen LogP contribution in [0.2, 0.25) is 0 Å². The van der Waals surface area contributed by atoms with E-state index in [1.54, 1.807) is 20.8 Å². The number of amides is 1. The minimum atomic E-state index is -3.87. The lowest BCUT2D eigenvalue weighted by molar-refractivity contribution is -0.143. The van der Waals surface area contributed by atoms with Crippen LogP contribution in [0.15, 0.2) is 23.1 Å². The van der Waals surface area contributed by atoms with Gasteiger partial charge in [-0.2, -0.15) is 4.31 Å². The topological polar surface area (TPSA) is 93.2 Å². The number of carbonyl (C=O) groups excluding carboxylic acids is 2. The third-order valence-electron chi connectivity index (χ3n) is 3.99. The van der Waals surface area contributed by atoms with Gasteiger partial charge in [-0.05, 0) is 25.1 Å². The third-order valence-corrected chi connectivity index (χ3v) is 6.04. The zero-order valence-electron chi connectivity index (χ0n) is 16.6. The first-order chi connectivity index (χ1) is 13.2. The second-order valence-corrected chi connectivity index (χ2v) is 7.69. The summed E-state index contributed by atoms with van der Waals surface area (Å²) in [5.74, 6) is -2.35. The minimum absolute atomic E-state index is 0.0145. The molecule has 1 amide bonds. The zero-order chi connectivity index (χ0) is 21.3. The zero-order valence-corrected chi connectivity index (χ0v) is 17.4. The highest BCUT2D eigenvalue weighted by Gasteiger charge is 2.27. The lowest BCUT2D eigenvalue weighted by Gasteiger charge is -2.23. The van der Waals surface area contributed by atoms with Crippen LogP contribution >= 0.6 is 0 Å². The van der Waals surface area contributed by atoms with Gasteiger partial charge in [-0.1, -0.05) is 13.8 Å². The van der Waals surface area contributed by atoms with Crippen molar-refractivity contribution < 1.29 is 31.9 Å². The number of carbonyl (C=O) groups is 2. The number of rotatable bonds is 11. The fourth-order valence-electron chi connectivity index (χ4n) is 2.53. The molecular weight excluding hydrogens is 391 g/mol. The molecule has 0 heterocycles. The van der Waals surface area contributed by atoms with Gasteiger partial charge in [0.25, 0.3) is 5.91 Å². The summed E-state index contributed by atoms with van der Waals surface area (Å²) in [5.41, 5.74) is -0.436. The van der Waals surface area contributed by atoms with Crippen LogP contribution in [0.3, 0.4) is 0 Å². The van der Waals surface area contributed by atoms with Gasteiger partial charge in [0.2, 0.25) is 10.0 Å². The molecule has 1 aromatic carbocycles. The van der Waals surface area contributed by atoms with Crippen molar-refractivity contribution in [1.82, 2.24) is 9.21 Å². The quantitative estimate of drug-likeness (QED) is 0.506. The van der Waals surface area contributed by atoms with Gasteiger partial charge >= 0.3 is 5.97 Å². The number of methoxy groups -OCH3 is 1. The lowest BCUT2D eigenvalue weighted by Crippen LogP contribution is -2.39. The summed E-state index contributed by atoms with van der Waals surface area (Å²) in [7, 11) is -2.45. The highest BCUT2D eigenvalue weighted by Crippen LogP contribution is 2.20. The average molecular weight is 418 g/mol. The van der Waals surface area contributed by atoms with Crippen molar-refractivity contribution in [1.29, 1.82) is 0 Å². The molecule has 0 saturated carbocycles. The van der Waals surface area contributed by atoms with Crippen LogP contribution in [0.25, 0.3) is 0 Å². The molecule has 1 aromatic rings. The molecule has 28 heavy (non-hydrogen) atoms. The summed E-state index contributed by atoms with van der Waals surface area (Å²) in [6.45, 7) is 5.33. The van der Waals surface area contributed by atoms with E-state index in [-0.39, 0.29) is 37.7 Å². The maximum Gasteiger partial charge on any atom is 0.325 e. The number of ether oxygens (including phenoxy) is 2. The largest absolute Gasteiger partial charge is 0.465 e. The Kier molecular flexibility index (Phi) is 9.50. The monoisotopic (exact) mass is 418 g/mol. The number of benzene rings is 1. The van der Waals surface area contributed by atoms with Gasteiger partial charge in [0.05, 0.1) is 23.7 Å². The summed E-state index contributed by atoms with van der Waals surface area (Å²) in [6, 6.07) is 3.05. The molecule has 0 saturated heterocycles. The summed E-state index contributed by atoms with van der Waals surface area (Å²) < 4.78 is 50.6. The van der Waals surface area contributed by atoms with Crippen molar-refractivity contribution in [3.8, 4) is 0 Å². The third kappa shape index (κ3) is 5.98. The van der Waals surface area contributed by atoms with Crippen molar-refractivity contribution in [2.75, 3.05) is 46.5 Å². The Morgan fingerprint density at radius 3 is 2.32 bits per heavy atom. The number of halogens is 1. The SMILES string of the molecule is CCOC(=O)CN(CCOC)C(=O)c1cc(S(=O)(=O)N(CC)CC)ccc1F. The predicted octanol–water partition coefficient (Wildman–Crippen LogP) is 1.51. The molecule has 0 aliphatic carbocycles. The lowest BCUT2D eigenvalue weighted by atomic mass is 10.2. The standard InChI is InChI=1S/C18H27FN2O6S/c1-5-21(6-2)28(24,25)14-8-9-16(19)15(12-14)18(23)20(10-11-26-4)13-17(22)27-7-3/h8-9,12H,5-7,10-11,13H2,1-4H3. The van der Waals surface area contributed by atoms with Crippen LogP contribution in [0.4, 0.5) is 4.39 Å². The number of hydrogen-bond donors (Lipinski definition) is 0. The van der Waals surface area contributed by atoms with Crippen LogP contribution in [0, 0.1) is 5.82 Å². The Morgan fingerprint density at radius 2 is 1.79 bits per heavy atom. The van der Waals surface area contributed by atoms with E-state index in [1.807, 2.05) is 0 Å². The van der Waals surface area contributed by atoms with E-state index < -0.39 is 39.8 Å². The average Bonchev–Trinajstić information content (AvgIpc) is 2.65.